The fourth-order valence-corrected chi connectivity index (χ4v) is 8.07. The van der Waals surface area contributed by atoms with Crippen molar-refractivity contribution in [2.24, 2.45) is 17.6 Å². The van der Waals surface area contributed by atoms with Crippen LogP contribution in [0.1, 0.15) is 62.8 Å². The Labute approximate surface area is 384 Å². The summed E-state index contributed by atoms with van der Waals surface area (Å²) in [5.41, 5.74) is 10.2. The Bertz CT molecular complexity index is 2620. The Morgan fingerprint density at radius 2 is 0.924 bits per heavy atom. The molecule has 0 fully saturated rings. The number of H-pyrrole nitrogens is 2. The van der Waals surface area contributed by atoms with Crippen LogP contribution in [0.2, 0.25) is 0 Å². The summed E-state index contributed by atoms with van der Waals surface area (Å²) in [6.07, 6.45) is 4.12. The van der Waals surface area contributed by atoms with Gasteiger partial charge in [-0.2, -0.15) is 0 Å². The van der Waals surface area contributed by atoms with Gasteiger partial charge in [0.1, 0.15) is 36.0 Å². The molecule has 6 amide bonds. The van der Waals surface area contributed by atoms with Gasteiger partial charge >= 0.3 is 0 Å². The van der Waals surface area contributed by atoms with Gasteiger partial charge in [0.25, 0.3) is 0 Å². The second kappa shape index (κ2) is 22.5. The summed E-state index contributed by atoms with van der Waals surface area (Å²) in [4.78, 5) is 90.1. The van der Waals surface area contributed by atoms with Gasteiger partial charge in [-0.3, -0.25) is 28.8 Å². The standard InChI is InChI=1S/C51H60N8O7/c1-30(2)22-41(47(52)62)56-48(63)42(23-31(3)4)57-51(66)45(27-35-29-54-40-17-11-9-15-38(35)40)59-49(64)43(24-32-12-6-5-7-13-32)58-50(65)44(26-34-28-53-39-16-10-8-14-37(34)39)55-46(61)25-33-18-20-36(60)21-19-33/h5-21,28-31,41-45,53-54,60H,22-27H2,1-4H3,(H2,52,62)(H,55,61)(H,56,63)(H,57,66)(H,58,65)(H,59,64)/t41-,42-,43-,44+,45+/m0/s1. The highest BCUT2D eigenvalue weighted by molar-refractivity contribution is 5.97. The highest BCUT2D eigenvalue weighted by Crippen LogP contribution is 2.22. The number of aromatic nitrogens is 2. The molecule has 0 unspecified atom stereocenters. The monoisotopic (exact) mass is 896 g/mol. The van der Waals surface area contributed by atoms with Gasteiger partial charge in [-0.25, -0.2) is 0 Å². The molecule has 5 atom stereocenters. The molecule has 0 aliphatic carbocycles. The predicted octanol–water partition coefficient (Wildman–Crippen LogP) is 4.63. The van der Waals surface area contributed by atoms with Crippen LogP contribution in [0.15, 0.2) is 116 Å². The van der Waals surface area contributed by atoms with E-state index in [9.17, 15) is 33.9 Å². The maximum Gasteiger partial charge on any atom is 0.243 e. The smallest absolute Gasteiger partial charge is 0.243 e. The van der Waals surface area contributed by atoms with Gasteiger partial charge in [-0.05, 0) is 71.2 Å². The maximum absolute atomic E-state index is 14.8. The van der Waals surface area contributed by atoms with Crippen molar-refractivity contribution < 1.29 is 33.9 Å². The van der Waals surface area contributed by atoms with E-state index in [1.807, 2.05) is 107 Å². The quantitative estimate of drug-likeness (QED) is 0.0468. The minimum atomic E-state index is -1.25. The van der Waals surface area contributed by atoms with Gasteiger partial charge in [-0.1, -0.05) is 107 Å². The summed E-state index contributed by atoms with van der Waals surface area (Å²) in [6.45, 7) is 7.60. The number of hydrogen-bond acceptors (Lipinski definition) is 7. The highest BCUT2D eigenvalue weighted by Gasteiger charge is 2.34. The second-order valence-corrected chi connectivity index (χ2v) is 17.7. The zero-order valence-electron chi connectivity index (χ0n) is 37.7. The van der Waals surface area contributed by atoms with Crippen LogP contribution >= 0.6 is 0 Å². The van der Waals surface area contributed by atoms with Crippen molar-refractivity contribution in [3.63, 3.8) is 0 Å². The molecule has 0 saturated carbocycles. The lowest BCUT2D eigenvalue weighted by Gasteiger charge is -2.28. The van der Waals surface area contributed by atoms with E-state index >= 15 is 0 Å². The fourth-order valence-electron chi connectivity index (χ4n) is 8.07. The minimum absolute atomic E-state index is 0.0113. The molecule has 15 nitrogen and oxygen atoms in total. The lowest BCUT2D eigenvalue weighted by atomic mass is 9.98. The zero-order chi connectivity index (χ0) is 47.3. The van der Waals surface area contributed by atoms with E-state index in [1.54, 1.807) is 24.5 Å². The van der Waals surface area contributed by atoms with E-state index in [1.165, 1.54) is 12.1 Å². The van der Waals surface area contributed by atoms with Gasteiger partial charge in [-0.15, -0.1) is 0 Å². The number of rotatable bonds is 22. The van der Waals surface area contributed by atoms with Crippen LogP contribution in [-0.4, -0.2) is 80.7 Å². The predicted molar refractivity (Wildman–Crippen MR) is 254 cm³/mol. The molecule has 0 saturated heterocycles. The number of amides is 6. The topological polar surface area (TPSA) is 240 Å². The first-order valence-electron chi connectivity index (χ1n) is 22.4. The molecule has 4 aromatic carbocycles. The normalized spacial score (nSPS) is 13.7. The van der Waals surface area contributed by atoms with E-state index in [0.717, 1.165) is 38.5 Å². The second-order valence-electron chi connectivity index (χ2n) is 17.7. The van der Waals surface area contributed by atoms with Crippen LogP contribution in [0.3, 0.4) is 0 Å². The van der Waals surface area contributed by atoms with Gasteiger partial charge in [0.15, 0.2) is 0 Å². The molecule has 66 heavy (non-hydrogen) atoms. The molecule has 2 aromatic heterocycles. The number of phenolic OH excluding ortho intramolecular Hbond substituents is 1. The van der Waals surface area contributed by atoms with Crippen LogP contribution < -0.4 is 32.3 Å². The summed E-state index contributed by atoms with van der Waals surface area (Å²) in [6, 6.07) is 24.7. The third kappa shape index (κ3) is 13.3. The minimum Gasteiger partial charge on any atom is -0.508 e. The first-order valence-corrected chi connectivity index (χ1v) is 22.4. The summed E-state index contributed by atoms with van der Waals surface area (Å²) in [5, 5.41) is 25.8. The van der Waals surface area contributed by atoms with Gasteiger partial charge in [0, 0.05) is 53.5 Å². The highest BCUT2D eigenvalue weighted by atomic mass is 16.3. The number of aromatic hydroxyl groups is 1. The molecule has 0 radical (unpaired) electrons. The first kappa shape index (κ1) is 48.0. The maximum atomic E-state index is 14.8. The van der Waals surface area contributed by atoms with Gasteiger partial charge < -0.3 is 47.4 Å². The van der Waals surface area contributed by atoms with E-state index in [2.05, 4.69) is 36.6 Å². The lowest BCUT2D eigenvalue weighted by Crippen LogP contribution is -2.60. The van der Waals surface area contributed by atoms with Crippen LogP contribution in [0.4, 0.5) is 0 Å². The number of hydrogen-bond donors (Lipinski definition) is 9. The molecule has 0 bridgehead atoms. The Balaban J connectivity index is 1.30. The largest absolute Gasteiger partial charge is 0.508 e. The van der Waals surface area contributed by atoms with E-state index in [0.29, 0.717) is 12.0 Å². The number of benzene rings is 4. The molecule has 6 rings (SSSR count). The van der Waals surface area contributed by atoms with Crippen LogP contribution in [0.5, 0.6) is 5.75 Å². The van der Waals surface area contributed by atoms with Crippen molar-refractivity contribution in [3.05, 3.63) is 138 Å². The summed E-state index contributed by atoms with van der Waals surface area (Å²) in [5.74, 6) is -3.64. The Morgan fingerprint density at radius 3 is 1.44 bits per heavy atom. The number of fused-ring (bicyclic) bond motifs is 2. The third-order valence-corrected chi connectivity index (χ3v) is 11.4. The molecule has 10 N–H and O–H groups in total. The lowest BCUT2D eigenvalue weighted by molar-refractivity contribution is -0.135. The fraction of sp³-hybridized carbons (Fsp3) is 0.333. The number of phenols is 1. The number of primary amides is 1. The van der Waals surface area contributed by atoms with Crippen LogP contribution in [0.25, 0.3) is 21.8 Å². The Morgan fingerprint density at radius 1 is 0.500 bits per heavy atom. The van der Waals surface area contributed by atoms with E-state index in [-0.39, 0.29) is 49.7 Å². The number of aromatic amines is 2. The van der Waals surface area contributed by atoms with E-state index < -0.39 is 65.7 Å². The molecule has 346 valence electrons. The van der Waals surface area contributed by atoms with Gasteiger partial charge in [0.2, 0.25) is 35.4 Å². The molecule has 0 aliphatic rings. The number of nitrogens with one attached hydrogen (secondary N) is 7. The molecule has 2 heterocycles. The van der Waals surface area contributed by atoms with Gasteiger partial charge in [0.05, 0.1) is 6.42 Å². The Kier molecular flexibility index (Phi) is 16.4. The summed E-state index contributed by atoms with van der Waals surface area (Å²) in [7, 11) is 0. The van der Waals surface area contributed by atoms with Crippen molar-refractivity contribution in [2.75, 3.05) is 0 Å². The molecule has 0 spiro atoms. The number of para-hydroxylation sites is 2. The van der Waals surface area contributed by atoms with Crippen molar-refractivity contribution in [1.29, 1.82) is 0 Å². The third-order valence-electron chi connectivity index (χ3n) is 11.4. The number of carbonyl (C=O) groups is 6. The van der Waals surface area contributed by atoms with Crippen LogP contribution in [0, 0.1) is 11.8 Å². The first-order chi connectivity index (χ1) is 31.6. The van der Waals surface area contributed by atoms with Crippen molar-refractivity contribution in [1.82, 2.24) is 36.6 Å². The van der Waals surface area contributed by atoms with Crippen molar-refractivity contribution >= 4 is 57.2 Å². The average molecular weight is 897 g/mol. The number of carbonyl (C=O) groups excluding carboxylic acids is 6. The molecule has 6 aromatic rings. The zero-order valence-corrected chi connectivity index (χ0v) is 37.7. The Hall–Kier alpha value is -7.42. The summed E-state index contributed by atoms with van der Waals surface area (Å²) < 4.78 is 0. The molecular weight excluding hydrogens is 837 g/mol. The average Bonchev–Trinajstić information content (AvgIpc) is 3.89. The molecule has 15 heteroatoms. The van der Waals surface area contributed by atoms with Crippen LogP contribution in [-0.2, 0) is 54.5 Å². The molecule has 0 aliphatic heterocycles. The van der Waals surface area contributed by atoms with Crippen molar-refractivity contribution in [2.45, 2.75) is 96.4 Å². The van der Waals surface area contributed by atoms with E-state index in [4.69, 9.17) is 5.73 Å². The number of nitrogens with two attached hydrogens (primary N) is 1. The molecular formula is C51H60N8O7. The van der Waals surface area contributed by atoms with Crippen molar-refractivity contribution in [3.8, 4) is 5.75 Å². The SMILES string of the molecule is CC(C)C[C@H](NC(=O)[C@H](CC(C)C)NC(=O)[C@@H](Cc1c[nH]c2ccccc12)NC(=O)[C@H](Cc1ccccc1)NC(=O)[C@@H](Cc1c[nH]c2ccccc12)NC(=O)Cc1ccc(O)cc1)C(N)=O. The summed E-state index contributed by atoms with van der Waals surface area (Å²) >= 11 is 0.